The molecule has 2 aromatic carbocycles. The summed E-state index contributed by atoms with van der Waals surface area (Å²) >= 11 is 7.31. The van der Waals surface area contributed by atoms with E-state index in [9.17, 15) is 5.11 Å². The van der Waals surface area contributed by atoms with Gasteiger partial charge in [-0.15, -0.1) is 11.3 Å². The Morgan fingerprint density at radius 1 is 1.15 bits per heavy atom. The maximum atomic E-state index is 10.5. The van der Waals surface area contributed by atoms with Crippen LogP contribution in [-0.2, 0) is 0 Å². The third kappa shape index (κ3) is 3.19. The second kappa shape index (κ2) is 6.88. The number of nitrogens with zero attached hydrogens (tertiary/aromatic N) is 3. The number of hydrogen-bond acceptors (Lipinski definition) is 5. The molecular weight excluding hydrogens is 380 g/mol. The number of benzene rings is 2. The zero-order chi connectivity index (χ0) is 19.0. The van der Waals surface area contributed by atoms with Crippen molar-refractivity contribution in [2.75, 3.05) is 11.4 Å². The fraction of sp³-hybridized carbons (Fsp3) is 0.0500. The number of hydrogen-bond donors (Lipinski definition) is 2. The molecule has 7 heteroatoms. The van der Waals surface area contributed by atoms with Gasteiger partial charge in [-0.2, -0.15) is 5.26 Å². The topological polar surface area (TPSA) is 84.0 Å². The number of aliphatic hydroxyl groups is 1. The van der Waals surface area contributed by atoms with E-state index in [1.165, 1.54) is 11.3 Å². The van der Waals surface area contributed by atoms with Gasteiger partial charge in [-0.3, -0.25) is 5.41 Å². The Labute approximate surface area is 164 Å². The predicted molar refractivity (Wildman–Crippen MR) is 108 cm³/mol. The quantitative estimate of drug-likeness (QED) is 0.649. The van der Waals surface area contributed by atoms with Crippen molar-refractivity contribution in [1.82, 2.24) is 4.98 Å². The number of anilines is 1. The summed E-state index contributed by atoms with van der Waals surface area (Å²) in [7, 11) is 0. The van der Waals surface area contributed by atoms with Crippen LogP contribution in [0.4, 0.5) is 5.69 Å². The molecule has 0 saturated heterocycles. The van der Waals surface area contributed by atoms with Crippen LogP contribution in [0.5, 0.6) is 0 Å². The zero-order valence-corrected chi connectivity index (χ0v) is 15.6. The van der Waals surface area contributed by atoms with E-state index < -0.39 is 0 Å². The van der Waals surface area contributed by atoms with Crippen LogP contribution in [0.2, 0.25) is 5.02 Å². The molecule has 0 bridgehead atoms. The lowest BCUT2D eigenvalue weighted by molar-refractivity contribution is 0.411. The van der Waals surface area contributed by atoms with Crippen LogP contribution in [0.1, 0.15) is 10.6 Å². The first-order chi connectivity index (χ1) is 13.1. The van der Waals surface area contributed by atoms with Crippen LogP contribution in [-0.4, -0.2) is 22.5 Å². The van der Waals surface area contributed by atoms with E-state index >= 15 is 0 Å². The first-order valence-electron chi connectivity index (χ1n) is 8.07. The molecule has 1 aromatic heterocycles. The fourth-order valence-electron chi connectivity index (χ4n) is 2.88. The fourth-order valence-corrected chi connectivity index (χ4v) is 3.90. The van der Waals surface area contributed by atoms with E-state index in [1.54, 1.807) is 41.3 Å². The maximum absolute atomic E-state index is 10.5. The molecule has 0 saturated carbocycles. The molecule has 2 heterocycles. The maximum Gasteiger partial charge on any atom is 0.139 e. The minimum absolute atomic E-state index is 0.112. The van der Waals surface area contributed by atoms with Gasteiger partial charge in [0.15, 0.2) is 0 Å². The van der Waals surface area contributed by atoms with E-state index in [4.69, 9.17) is 22.3 Å². The Morgan fingerprint density at radius 2 is 1.85 bits per heavy atom. The highest BCUT2D eigenvalue weighted by Gasteiger charge is 2.31. The van der Waals surface area contributed by atoms with Crippen molar-refractivity contribution in [3.63, 3.8) is 0 Å². The molecule has 0 amide bonds. The number of nitriles is 1. The summed E-state index contributed by atoms with van der Waals surface area (Å²) in [5, 5.41) is 31.0. The van der Waals surface area contributed by atoms with E-state index in [2.05, 4.69) is 11.1 Å². The van der Waals surface area contributed by atoms with Crippen molar-refractivity contribution in [2.45, 2.75) is 0 Å². The molecule has 0 atom stereocenters. The first kappa shape index (κ1) is 17.3. The van der Waals surface area contributed by atoms with Crippen LogP contribution in [0.25, 0.3) is 16.8 Å². The highest BCUT2D eigenvalue weighted by Crippen LogP contribution is 2.34. The lowest BCUT2D eigenvalue weighted by Gasteiger charge is -2.18. The van der Waals surface area contributed by atoms with Crippen molar-refractivity contribution >= 4 is 40.0 Å². The molecule has 132 valence electrons. The summed E-state index contributed by atoms with van der Waals surface area (Å²) in [5.41, 5.74) is 3.43. The Bertz CT molecular complexity index is 1090. The van der Waals surface area contributed by atoms with Crippen LogP contribution in [0.3, 0.4) is 0 Å². The molecule has 0 fully saturated rings. The van der Waals surface area contributed by atoms with Gasteiger partial charge < -0.3 is 10.0 Å². The summed E-state index contributed by atoms with van der Waals surface area (Å²) in [6.07, 6.45) is 0. The molecule has 0 unspecified atom stereocenters. The van der Waals surface area contributed by atoms with E-state index in [-0.39, 0.29) is 18.1 Å². The molecule has 0 radical (unpaired) electrons. The van der Waals surface area contributed by atoms with Gasteiger partial charge in [-0.1, -0.05) is 23.7 Å². The second-order valence-electron chi connectivity index (χ2n) is 5.96. The van der Waals surface area contributed by atoms with Crippen LogP contribution < -0.4 is 4.90 Å². The van der Waals surface area contributed by atoms with E-state index in [1.807, 2.05) is 17.5 Å². The Kier molecular flexibility index (Phi) is 4.40. The minimum Gasteiger partial charge on any atom is -0.510 e. The largest absolute Gasteiger partial charge is 0.510 e. The van der Waals surface area contributed by atoms with Crippen LogP contribution >= 0.6 is 22.9 Å². The lowest BCUT2D eigenvalue weighted by atomic mass is 10.2. The SMILES string of the molecule is N#Cc1ccc(N2CC(O)=C(c3nc(-c4ccc(Cl)cc4)cs3)C2=N)cc1. The van der Waals surface area contributed by atoms with Crippen LogP contribution in [0, 0.1) is 16.7 Å². The number of amidine groups is 1. The van der Waals surface area contributed by atoms with Crippen LogP contribution in [0.15, 0.2) is 59.7 Å². The number of aromatic nitrogens is 1. The predicted octanol–water partition coefficient (Wildman–Crippen LogP) is 5.10. The highest BCUT2D eigenvalue weighted by atomic mass is 35.5. The first-order valence-corrected chi connectivity index (χ1v) is 9.33. The summed E-state index contributed by atoms with van der Waals surface area (Å²) in [5.74, 6) is 0.301. The standard InChI is InChI=1S/C20H13ClN4OS/c21-14-5-3-13(4-6-14)16-11-27-20(24-16)18-17(26)10-25(19(18)23)15-7-1-12(9-22)2-8-15/h1-8,11,23,26H,10H2. The number of halogens is 1. The number of rotatable bonds is 3. The van der Waals surface area contributed by atoms with Crippen molar-refractivity contribution in [3.8, 4) is 17.3 Å². The van der Waals surface area contributed by atoms with Gasteiger partial charge in [0, 0.05) is 21.7 Å². The molecule has 1 aliphatic rings. The van der Waals surface area contributed by atoms with Gasteiger partial charge in [0.1, 0.15) is 16.6 Å². The van der Waals surface area contributed by atoms with Gasteiger partial charge in [0.2, 0.25) is 0 Å². The monoisotopic (exact) mass is 392 g/mol. The van der Waals surface area contributed by atoms with E-state index in [0.29, 0.717) is 21.2 Å². The smallest absolute Gasteiger partial charge is 0.139 e. The summed E-state index contributed by atoms with van der Waals surface area (Å²) in [6.45, 7) is 0.204. The molecule has 0 spiro atoms. The minimum atomic E-state index is 0.112. The lowest BCUT2D eigenvalue weighted by Crippen LogP contribution is -2.25. The molecule has 3 aromatic rings. The van der Waals surface area contributed by atoms with Crippen molar-refractivity contribution < 1.29 is 5.11 Å². The average Bonchev–Trinajstić information content (AvgIpc) is 3.27. The number of aliphatic hydroxyl groups excluding tert-OH is 1. The summed E-state index contributed by atoms with van der Waals surface area (Å²) in [6, 6.07) is 16.4. The van der Waals surface area contributed by atoms with Gasteiger partial charge in [0.25, 0.3) is 0 Å². The molecule has 1 aliphatic heterocycles. The third-order valence-corrected chi connectivity index (χ3v) is 5.38. The molecule has 2 N–H and O–H groups in total. The Morgan fingerprint density at radius 3 is 2.52 bits per heavy atom. The number of thiazole rings is 1. The number of nitrogens with one attached hydrogen (secondary N) is 1. The Hall–Kier alpha value is -3.14. The molecular formula is C20H13ClN4OS. The third-order valence-electron chi connectivity index (χ3n) is 4.27. The van der Waals surface area contributed by atoms with Crippen molar-refractivity contribution in [1.29, 1.82) is 10.7 Å². The van der Waals surface area contributed by atoms with Crippen molar-refractivity contribution in [2.24, 2.45) is 0 Å². The molecule has 4 rings (SSSR count). The van der Waals surface area contributed by atoms with Gasteiger partial charge in [-0.05, 0) is 36.4 Å². The summed E-state index contributed by atoms with van der Waals surface area (Å²) in [4.78, 5) is 6.29. The normalized spacial score (nSPS) is 13.9. The van der Waals surface area contributed by atoms with Crippen molar-refractivity contribution in [3.05, 3.63) is 75.3 Å². The molecule has 0 aliphatic carbocycles. The highest BCUT2D eigenvalue weighted by molar-refractivity contribution is 7.11. The Balaban J connectivity index is 1.62. The molecule has 27 heavy (non-hydrogen) atoms. The second-order valence-corrected chi connectivity index (χ2v) is 7.25. The van der Waals surface area contributed by atoms with Gasteiger partial charge >= 0.3 is 0 Å². The van der Waals surface area contributed by atoms with Gasteiger partial charge in [0.05, 0.1) is 29.4 Å². The molecule has 5 nitrogen and oxygen atoms in total. The zero-order valence-electron chi connectivity index (χ0n) is 14.0. The average molecular weight is 393 g/mol. The van der Waals surface area contributed by atoms with E-state index in [0.717, 1.165) is 16.9 Å². The van der Waals surface area contributed by atoms with Gasteiger partial charge in [-0.25, -0.2) is 4.98 Å². The summed E-state index contributed by atoms with van der Waals surface area (Å²) < 4.78 is 0.